The minimum atomic E-state index is -0.655. The Hall–Kier alpha value is -0.620. The summed E-state index contributed by atoms with van der Waals surface area (Å²) in [4.78, 5) is 0. The molecular formula is C16H16ClIO2. The monoisotopic (exact) mass is 402 g/mol. The normalized spacial score (nSPS) is 12.4. The molecule has 0 bridgehead atoms. The van der Waals surface area contributed by atoms with Crippen LogP contribution >= 0.6 is 34.2 Å². The molecule has 0 aliphatic carbocycles. The van der Waals surface area contributed by atoms with E-state index in [1.165, 1.54) is 5.56 Å². The quantitative estimate of drug-likeness (QED) is 0.759. The summed E-state index contributed by atoms with van der Waals surface area (Å²) in [6.45, 7) is 0.702. The molecular weight excluding hydrogens is 387 g/mol. The lowest BCUT2D eigenvalue weighted by molar-refractivity contribution is 0.202. The Labute approximate surface area is 137 Å². The number of halogens is 2. The molecule has 106 valence electrons. The lowest BCUT2D eigenvalue weighted by Gasteiger charge is -2.14. The zero-order chi connectivity index (χ0) is 14.5. The molecule has 0 saturated heterocycles. The van der Waals surface area contributed by atoms with E-state index >= 15 is 0 Å². The largest absolute Gasteiger partial charge is 0.384 e. The first kappa shape index (κ1) is 15.8. The maximum atomic E-state index is 10.5. The molecule has 0 radical (unpaired) electrons. The standard InChI is InChI=1S/C16H16ClIO2/c1-20-9-8-11-2-4-12(5-3-11)16(19)14-10-13(17)6-7-15(14)18/h2-7,10,16,19H,8-9H2,1H3. The Morgan fingerprint density at radius 1 is 1.20 bits per heavy atom. The highest BCUT2D eigenvalue weighted by Crippen LogP contribution is 2.28. The maximum absolute atomic E-state index is 10.5. The van der Waals surface area contributed by atoms with Crippen molar-refractivity contribution < 1.29 is 9.84 Å². The van der Waals surface area contributed by atoms with E-state index in [1.807, 2.05) is 42.5 Å². The van der Waals surface area contributed by atoms with Gasteiger partial charge in [-0.1, -0.05) is 35.9 Å². The highest BCUT2D eigenvalue weighted by Gasteiger charge is 2.14. The zero-order valence-electron chi connectivity index (χ0n) is 11.1. The van der Waals surface area contributed by atoms with E-state index in [2.05, 4.69) is 22.6 Å². The van der Waals surface area contributed by atoms with E-state index in [4.69, 9.17) is 16.3 Å². The van der Waals surface area contributed by atoms with Gasteiger partial charge in [0, 0.05) is 15.7 Å². The second-order valence-corrected chi connectivity index (χ2v) is 6.15. The minimum absolute atomic E-state index is 0.635. The third-order valence-corrected chi connectivity index (χ3v) is 4.36. The summed E-state index contributed by atoms with van der Waals surface area (Å²) < 4.78 is 6.06. The first-order valence-corrected chi connectivity index (χ1v) is 7.78. The number of hydrogen-bond acceptors (Lipinski definition) is 2. The third-order valence-electron chi connectivity index (χ3n) is 3.14. The van der Waals surface area contributed by atoms with Gasteiger partial charge in [0.15, 0.2) is 0 Å². The summed E-state index contributed by atoms with van der Waals surface area (Å²) in [6, 6.07) is 13.5. The van der Waals surface area contributed by atoms with Gasteiger partial charge in [-0.3, -0.25) is 0 Å². The van der Waals surface area contributed by atoms with Crippen molar-refractivity contribution in [1.29, 1.82) is 0 Å². The van der Waals surface area contributed by atoms with E-state index < -0.39 is 6.10 Å². The Balaban J connectivity index is 2.20. The van der Waals surface area contributed by atoms with Gasteiger partial charge in [0.05, 0.1) is 6.61 Å². The summed E-state index contributed by atoms with van der Waals surface area (Å²) in [7, 11) is 1.69. The van der Waals surface area contributed by atoms with Gasteiger partial charge in [-0.2, -0.15) is 0 Å². The van der Waals surface area contributed by atoms with Crippen LogP contribution in [0.4, 0.5) is 0 Å². The van der Waals surface area contributed by atoms with E-state index in [0.29, 0.717) is 11.6 Å². The molecule has 2 nitrogen and oxygen atoms in total. The van der Waals surface area contributed by atoms with Crippen LogP contribution in [0.15, 0.2) is 42.5 Å². The third kappa shape index (κ3) is 3.95. The van der Waals surface area contributed by atoms with E-state index in [-0.39, 0.29) is 0 Å². The number of methoxy groups -OCH3 is 1. The molecule has 4 heteroatoms. The lowest BCUT2D eigenvalue weighted by Crippen LogP contribution is -2.02. The van der Waals surface area contributed by atoms with E-state index in [0.717, 1.165) is 21.1 Å². The van der Waals surface area contributed by atoms with Gasteiger partial charge in [0.25, 0.3) is 0 Å². The van der Waals surface area contributed by atoms with Crippen LogP contribution in [0, 0.1) is 3.57 Å². The van der Waals surface area contributed by atoms with Crippen molar-refractivity contribution in [3.8, 4) is 0 Å². The van der Waals surface area contributed by atoms with Crippen LogP contribution in [0.5, 0.6) is 0 Å². The summed E-state index contributed by atoms with van der Waals surface area (Å²) in [5, 5.41) is 11.1. The molecule has 2 aromatic rings. The molecule has 0 saturated carbocycles. The maximum Gasteiger partial charge on any atom is 0.105 e. The van der Waals surface area contributed by atoms with Gasteiger partial charge in [0.1, 0.15) is 6.10 Å². The molecule has 2 aromatic carbocycles. The number of benzene rings is 2. The summed E-state index contributed by atoms with van der Waals surface area (Å²) in [5.41, 5.74) is 2.90. The van der Waals surface area contributed by atoms with Crippen molar-refractivity contribution in [2.24, 2.45) is 0 Å². The Morgan fingerprint density at radius 3 is 2.55 bits per heavy atom. The Kier molecular flexibility index (Phi) is 5.84. The minimum Gasteiger partial charge on any atom is -0.384 e. The van der Waals surface area contributed by atoms with Crippen LogP contribution in [-0.4, -0.2) is 18.8 Å². The van der Waals surface area contributed by atoms with Crippen molar-refractivity contribution in [2.75, 3.05) is 13.7 Å². The molecule has 1 atom stereocenters. The predicted molar refractivity (Wildman–Crippen MR) is 90.3 cm³/mol. The fraction of sp³-hybridized carbons (Fsp3) is 0.250. The Bertz CT molecular complexity index is 569. The molecule has 0 aromatic heterocycles. The van der Waals surface area contributed by atoms with Crippen molar-refractivity contribution >= 4 is 34.2 Å². The highest BCUT2D eigenvalue weighted by atomic mass is 127. The second kappa shape index (κ2) is 7.41. The van der Waals surface area contributed by atoms with Crippen LogP contribution in [0.25, 0.3) is 0 Å². The average Bonchev–Trinajstić information content (AvgIpc) is 2.47. The first-order valence-electron chi connectivity index (χ1n) is 6.32. The topological polar surface area (TPSA) is 29.5 Å². The number of aliphatic hydroxyl groups excluding tert-OH is 1. The average molecular weight is 403 g/mol. The van der Waals surface area contributed by atoms with E-state index in [1.54, 1.807) is 7.11 Å². The van der Waals surface area contributed by atoms with Gasteiger partial charge < -0.3 is 9.84 Å². The van der Waals surface area contributed by atoms with Crippen molar-refractivity contribution in [3.63, 3.8) is 0 Å². The van der Waals surface area contributed by atoms with Crippen molar-refractivity contribution in [1.82, 2.24) is 0 Å². The lowest BCUT2D eigenvalue weighted by atomic mass is 10.00. The molecule has 0 fully saturated rings. The van der Waals surface area contributed by atoms with Gasteiger partial charge in [0.2, 0.25) is 0 Å². The summed E-state index contributed by atoms with van der Waals surface area (Å²) >= 11 is 8.21. The SMILES string of the molecule is COCCc1ccc(C(O)c2cc(Cl)ccc2I)cc1. The molecule has 0 aliphatic rings. The molecule has 2 rings (SSSR count). The van der Waals surface area contributed by atoms with Gasteiger partial charge >= 0.3 is 0 Å². The van der Waals surface area contributed by atoms with Crippen LogP contribution in [0.1, 0.15) is 22.8 Å². The van der Waals surface area contributed by atoms with Gasteiger partial charge in [-0.15, -0.1) is 0 Å². The number of ether oxygens (including phenoxy) is 1. The molecule has 0 spiro atoms. The summed E-state index contributed by atoms with van der Waals surface area (Å²) in [5.74, 6) is 0. The predicted octanol–water partition coefficient (Wildman–Crippen LogP) is 4.22. The van der Waals surface area contributed by atoms with Crippen LogP contribution in [-0.2, 0) is 11.2 Å². The number of aliphatic hydroxyl groups is 1. The van der Waals surface area contributed by atoms with Gasteiger partial charge in [-0.05, 0) is 63.9 Å². The van der Waals surface area contributed by atoms with Crippen LogP contribution in [0.3, 0.4) is 0 Å². The molecule has 1 N–H and O–H groups in total. The highest BCUT2D eigenvalue weighted by molar-refractivity contribution is 14.1. The van der Waals surface area contributed by atoms with Crippen LogP contribution in [0.2, 0.25) is 5.02 Å². The number of rotatable bonds is 5. The summed E-state index contributed by atoms with van der Waals surface area (Å²) in [6.07, 6.45) is 0.221. The molecule has 1 unspecified atom stereocenters. The molecule has 0 amide bonds. The molecule has 20 heavy (non-hydrogen) atoms. The smallest absolute Gasteiger partial charge is 0.105 e. The van der Waals surface area contributed by atoms with Crippen molar-refractivity contribution in [2.45, 2.75) is 12.5 Å². The first-order chi connectivity index (χ1) is 9.61. The molecule has 0 aliphatic heterocycles. The fourth-order valence-corrected chi connectivity index (χ4v) is 2.80. The van der Waals surface area contributed by atoms with Gasteiger partial charge in [-0.25, -0.2) is 0 Å². The molecule has 0 heterocycles. The Morgan fingerprint density at radius 2 is 1.90 bits per heavy atom. The zero-order valence-corrected chi connectivity index (χ0v) is 14.1. The van der Waals surface area contributed by atoms with Crippen molar-refractivity contribution in [3.05, 3.63) is 67.7 Å². The van der Waals surface area contributed by atoms with E-state index in [9.17, 15) is 5.11 Å². The fourth-order valence-electron chi connectivity index (χ4n) is 1.99. The van der Waals surface area contributed by atoms with Crippen LogP contribution < -0.4 is 0 Å². The second-order valence-electron chi connectivity index (χ2n) is 4.55. The number of hydrogen-bond donors (Lipinski definition) is 1.